The zero-order valence-corrected chi connectivity index (χ0v) is 10.6. The Morgan fingerprint density at radius 3 is 2.65 bits per heavy atom. The SMILES string of the molecule is CC(O)CN(C(=O)Nc1ncnn1C)C(C)C. The van der Waals surface area contributed by atoms with E-state index in [-0.39, 0.29) is 18.6 Å². The van der Waals surface area contributed by atoms with Gasteiger partial charge in [-0.3, -0.25) is 5.32 Å². The van der Waals surface area contributed by atoms with E-state index in [1.54, 1.807) is 18.9 Å². The number of urea groups is 1. The number of hydrogen-bond donors (Lipinski definition) is 2. The third-order valence-electron chi connectivity index (χ3n) is 2.28. The maximum atomic E-state index is 12.0. The molecule has 0 aliphatic rings. The van der Waals surface area contributed by atoms with Crippen molar-refractivity contribution in [2.45, 2.75) is 32.9 Å². The number of anilines is 1. The molecule has 0 bridgehead atoms. The van der Waals surface area contributed by atoms with Crippen LogP contribution in [0.4, 0.5) is 10.7 Å². The first-order valence-electron chi connectivity index (χ1n) is 5.51. The average molecular weight is 241 g/mol. The van der Waals surface area contributed by atoms with Gasteiger partial charge in [0.15, 0.2) is 0 Å². The molecule has 1 heterocycles. The maximum Gasteiger partial charge on any atom is 0.324 e. The van der Waals surface area contributed by atoms with Crippen LogP contribution in [0, 0.1) is 0 Å². The summed E-state index contributed by atoms with van der Waals surface area (Å²) >= 11 is 0. The smallest absolute Gasteiger partial charge is 0.324 e. The van der Waals surface area contributed by atoms with Crippen LogP contribution in [-0.2, 0) is 7.05 Å². The summed E-state index contributed by atoms with van der Waals surface area (Å²) in [7, 11) is 1.69. The van der Waals surface area contributed by atoms with Gasteiger partial charge in [-0.25, -0.2) is 9.48 Å². The molecule has 17 heavy (non-hydrogen) atoms. The third-order valence-corrected chi connectivity index (χ3v) is 2.28. The van der Waals surface area contributed by atoms with Gasteiger partial charge in [-0.1, -0.05) is 0 Å². The minimum absolute atomic E-state index is 0.00201. The van der Waals surface area contributed by atoms with E-state index in [2.05, 4.69) is 15.4 Å². The van der Waals surface area contributed by atoms with Crippen LogP contribution in [0.3, 0.4) is 0 Å². The molecule has 0 aromatic carbocycles. The van der Waals surface area contributed by atoms with Crippen LogP contribution in [0.2, 0.25) is 0 Å². The van der Waals surface area contributed by atoms with E-state index in [4.69, 9.17) is 0 Å². The predicted octanol–water partition coefficient (Wildman–Crippen LogP) is 0.438. The molecule has 0 aliphatic heterocycles. The summed E-state index contributed by atoms with van der Waals surface area (Å²) in [5, 5.41) is 15.8. The van der Waals surface area contributed by atoms with Gasteiger partial charge in [0.05, 0.1) is 6.10 Å². The minimum Gasteiger partial charge on any atom is -0.392 e. The highest BCUT2D eigenvalue weighted by molar-refractivity contribution is 5.87. The number of aryl methyl sites for hydroxylation is 1. The van der Waals surface area contributed by atoms with Crippen molar-refractivity contribution in [3.05, 3.63) is 6.33 Å². The van der Waals surface area contributed by atoms with Gasteiger partial charge >= 0.3 is 6.03 Å². The Morgan fingerprint density at radius 2 is 2.24 bits per heavy atom. The topological polar surface area (TPSA) is 83.3 Å². The van der Waals surface area contributed by atoms with Gasteiger partial charge in [0, 0.05) is 19.6 Å². The average Bonchev–Trinajstić information content (AvgIpc) is 2.60. The molecule has 7 heteroatoms. The van der Waals surface area contributed by atoms with Crippen molar-refractivity contribution >= 4 is 12.0 Å². The molecule has 1 unspecified atom stereocenters. The van der Waals surface area contributed by atoms with Gasteiger partial charge in [-0.2, -0.15) is 10.1 Å². The van der Waals surface area contributed by atoms with E-state index in [9.17, 15) is 9.90 Å². The monoisotopic (exact) mass is 241 g/mol. The normalized spacial score (nSPS) is 12.6. The molecule has 1 atom stereocenters. The lowest BCUT2D eigenvalue weighted by molar-refractivity contribution is 0.125. The van der Waals surface area contributed by atoms with Crippen molar-refractivity contribution in [3.8, 4) is 0 Å². The van der Waals surface area contributed by atoms with Crippen LogP contribution >= 0.6 is 0 Å². The zero-order valence-electron chi connectivity index (χ0n) is 10.6. The first-order valence-corrected chi connectivity index (χ1v) is 5.51. The van der Waals surface area contributed by atoms with Crippen molar-refractivity contribution in [2.75, 3.05) is 11.9 Å². The van der Waals surface area contributed by atoms with E-state index in [0.717, 1.165) is 0 Å². The van der Waals surface area contributed by atoms with Gasteiger partial charge in [0.25, 0.3) is 0 Å². The summed E-state index contributed by atoms with van der Waals surface area (Å²) in [5.41, 5.74) is 0. The Hall–Kier alpha value is -1.63. The van der Waals surface area contributed by atoms with E-state index in [1.807, 2.05) is 13.8 Å². The highest BCUT2D eigenvalue weighted by Crippen LogP contribution is 2.05. The first-order chi connectivity index (χ1) is 7.91. The van der Waals surface area contributed by atoms with E-state index in [1.165, 1.54) is 11.0 Å². The molecule has 0 spiro atoms. The molecular weight excluding hydrogens is 222 g/mol. The minimum atomic E-state index is -0.567. The molecule has 96 valence electrons. The number of amides is 2. The molecule has 1 aromatic heterocycles. The second kappa shape index (κ2) is 5.62. The maximum absolute atomic E-state index is 12.0. The van der Waals surface area contributed by atoms with Crippen LogP contribution in [0.25, 0.3) is 0 Å². The summed E-state index contributed by atoms with van der Waals surface area (Å²) in [6.07, 6.45) is 0.798. The number of rotatable bonds is 4. The molecule has 0 radical (unpaired) electrons. The summed E-state index contributed by atoms with van der Waals surface area (Å²) in [6, 6.07) is -0.296. The Balaban J connectivity index is 2.69. The van der Waals surface area contributed by atoms with Crippen LogP contribution in [-0.4, -0.2) is 49.5 Å². The molecule has 0 aliphatic carbocycles. The number of aliphatic hydroxyl groups is 1. The predicted molar refractivity (Wildman–Crippen MR) is 63.5 cm³/mol. The lowest BCUT2D eigenvalue weighted by Gasteiger charge is -2.27. The Morgan fingerprint density at radius 1 is 1.59 bits per heavy atom. The fraction of sp³-hybridized carbons (Fsp3) is 0.700. The Kier molecular flexibility index (Phi) is 4.45. The number of aliphatic hydroxyl groups excluding tert-OH is 1. The van der Waals surface area contributed by atoms with Crippen LogP contribution < -0.4 is 5.32 Å². The van der Waals surface area contributed by atoms with Crippen molar-refractivity contribution in [1.82, 2.24) is 19.7 Å². The van der Waals surface area contributed by atoms with E-state index >= 15 is 0 Å². The molecule has 2 amide bonds. The van der Waals surface area contributed by atoms with E-state index < -0.39 is 6.10 Å². The fourth-order valence-electron chi connectivity index (χ4n) is 1.39. The number of nitrogens with zero attached hydrogens (tertiary/aromatic N) is 4. The lowest BCUT2D eigenvalue weighted by atomic mass is 10.3. The largest absolute Gasteiger partial charge is 0.392 e. The molecular formula is C10H19N5O2. The van der Waals surface area contributed by atoms with Crippen molar-refractivity contribution in [1.29, 1.82) is 0 Å². The summed E-state index contributed by atoms with van der Waals surface area (Å²) in [5.74, 6) is 0.381. The van der Waals surface area contributed by atoms with Gasteiger partial charge in [0.1, 0.15) is 6.33 Å². The van der Waals surface area contributed by atoms with Crippen LogP contribution in [0.1, 0.15) is 20.8 Å². The lowest BCUT2D eigenvalue weighted by Crippen LogP contribution is -2.44. The summed E-state index contributed by atoms with van der Waals surface area (Å²) in [6.45, 7) is 5.70. The quantitative estimate of drug-likeness (QED) is 0.801. The van der Waals surface area contributed by atoms with Crippen molar-refractivity contribution < 1.29 is 9.90 Å². The first kappa shape index (κ1) is 13.4. The number of carbonyl (C=O) groups excluding carboxylic acids is 1. The molecule has 7 nitrogen and oxygen atoms in total. The number of carbonyl (C=O) groups is 1. The van der Waals surface area contributed by atoms with Gasteiger partial charge in [-0.05, 0) is 20.8 Å². The molecule has 0 fully saturated rings. The van der Waals surface area contributed by atoms with E-state index in [0.29, 0.717) is 5.95 Å². The van der Waals surface area contributed by atoms with Gasteiger partial charge < -0.3 is 10.0 Å². The Bertz CT molecular complexity index is 375. The molecule has 1 aromatic rings. The number of hydrogen-bond acceptors (Lipinski definition) is 4. The standard InChI is InChI=1S/C10H19N5O2/c1-7(2)15(5-8(3)16)10(17)13-9-11-6-12-14(9)4/h6-8,16H,5H2,1-4H3,(H,11,12,13,17). The zero-order chi connectivity index (χ0) is 13.0. The second-order valence-electron chi connectivity index (χ2n) is 4.23. The van der Waals surface area contributed by atoms with Gasteiger partial charge in [0.2, 0.25) is 5.95 Å². The fourth-order valence-corrected chi connectivity index (χ4v) is 1.39. The number of nitrogens with one attached hydrogen (secondary N) is 1. The van der Waals surface area contributed by atoms with Crippen LogP contribution in [0.15, 0.2) is 6.33 Å². The Labute approximate surface area is 100 Å². The highest BCUT2D eigenvalue weighted by Gasteiger charge is 2.19. The van der Waals surface area contributed by atoms with Gasteiger partial charge in [-0.15, -0.1) is 0 Å². The number of aromatic nitrogens is 3. The summed E-state index contributed by atoms with van der Waals surface area (Å²) < 4.78 is 1.47. The molecule has 2 N–H and O–H groups in total. The third kappa shape index (κ3) is 3.70. The molecule has 0 saturated carbocycles. The second-order valence-corrected chi connectivity index (χ2v) is 4.23. The van der Waals surface area contributed by atoms with Crippen molar-refractivity contribution in [2.24, 2.45) is 7.05 Å². The molecule has 0 saturated heterocycles. The molecule has 1 rings (SSSR count). The van der Waals surface area contributed by atoms with Crippen LogP contribution in [0.5, 0.6) is 0 Å². The highest BCUT2D eigenvalue weighted by atomic mass is 16.3. The summed E-state index contributed by atoms with van der Waals surface area (Å²) in [4.78, 5) is 17.4. The van der Waals surface area contributed by atoms with Crippen molar-refractivity contribution in [3.63, 3.8) is 0 Å².